The molecule has 1 unspecified atom stereocenters. The molecule has 1 rings (SSSR count). The summed E-state index contributed by atoms with van der Waals surface area (Å²) in [5.41, 5.74) is 5.80. The number of primary amides is 1. The summed E-state index contributed by atoms with van der Waals surface area (Å²) in [6, 6.07) is 3.87. The number of carbonyl (C=O) groups is 1. The molecule has 3 N–H and O–H groups in total. The molecular weight excluding hydrogens is 262 g/mol. The number of ether oxygens (including phenoxy) is 1. The van der Waals surface area contributed by atoms with Crippen LogP contribution in [-0.4, -0.2) is 30.0 Å². The molecule has 0 bridgehead atoms. The number of aryl methyl sites for hydroxylation is 1. The summed E-state index contributed by atoms with van der Waals surface area (Å²) >= 11 is 0. The summed E-state index contributed by atoms with van der Waals surface area (Å²) in [6.45, 7) is 4.36. The normalized spacial score (nSPS) is 11.9. The maximum Gasteiger partial charge on any atom is 0.272 e. The lowest BCUT2D eigenvalue weighted by Crippen LogP contribution is -2.45. The minimum absolute atomic E-state index is 0.0351. The maximum atomic E-state index is 11.2. The second-order valence-electron chi connectivity index (χ2n) is 4.43. The highest BCUT2D eigenvalue weighted by atomic mass is 16.6. The van der Waals surface area contributed by atoms with Gasteiger partial charge in [0.2, 0.25) is 5.91 Å². The van der Waals surface area contributed by atoms with Crippen LogP contribution in [0.2, 0.25) is 0 Å². The Kier molecular flexibility index (Phi) is 5.92. The van der Waals surface area contributed by atoms with Crippen LogP contribution in [0.1, 0.15) is 18.9 Å². The third-order valence-electron chi connectivity index (χ3n) is 2.77. The molecule has 0 saturated carbocycles. The average Bonchev–Trinajstić information content (AvgIpc) is 2.38. The predicted molar refractivity (Wildman–Crippen MR) is 74.6 cm³/mol. The van der Waals surface area contributed by atoms with Crippen LogP contribution in [0.15, 0.2) is 18.2 Å². The molecule has 7 nitrogen and oxygen atoms in total. The molecule has 0 aliphatic carbocycles. The van der Waals surface area contributed by atoms with E-state index in [2.05, 4.69) is 5.32 Å². The van der Waals surface area contributed by atoms with E-state index in [0.29, 0.717) is 17.9 Å². The molecule has 110 valence electrons. The zero-order chi connectivity index (χ0) is 15.1. The van der Waals surface area contributed by atoms with Crippen molar-refractivity contribution in [2.24, 2.45) is 5.73 Å². The number of amides is 1. The molecule has 1 atom stereocenters. The van der Waals surface area contributed by atoms with E-state index < -0.39 is 16.9 Å². The third kappa shape index (κ3) is 4.51. The molecule has 0 radical (unpaired) electrons. The fourth-order valence-corrected chi connectivity index (χ4v) is 1.66. The van der Waals surface area contributed by atoms with Gasteiger partial charge in [0.25, 0.3) is 5.69 Å². The summed E-state index contributed by atoms with van der Waals surface area (Å²) in [5.74, 6) is -0.0188. The monoisotopic (exact) mass is 281 g/mol. The first-order valence-electron chi connectivity index (χ1n) is 6.36. The van der Waals surface area contributed by atoms with Gasteiger partial charge in [0.1, 0.15) is 18.4 Å². The SMILES string of the molecule is CCCNC(COc1ccc([N+](=O)[O-])c(C)c1)C(N)=O. The van der Waals surface area contributed by atoms with Crippen molar-refractivity contribution < 1.29 is 14.5 Å². The molecule has 20 heavy (non-hydrogen) atoms. The quantitative estimate of drug-likeness (QED) is 0.548. The van der Waals surface area contributed by atoms with Gasteiger partial charge < -0.3 is 15.8 Å². The Balaban J connectivity index is 2.66. The van der Waals surface area contributed by atoms with E-state index in [4.69, 9.17) is 10.5 Å². The zero-order valence-corrected chi connectivity index (χ0v) is 11.6. The van der Waals surface area contributed by atoms with Gasteiger partial charge in [-0.3, -0.25) is 14.9 Å². The van der Waals surface area contributed by atoms with Crippen LogP contribution < -0.4 is 15.8 Å². The number of hydrogen-bond donors (Lipinski definition) is 2. The molecule has 0 spiro atoms. The number of nitrogens with one attached hydrogen (secondary N) is 1. The molecule has 1 aromatic rings. The largest absolute Gasteiger partial charge is 0.491 e. The summed E-state index contributed by atoms with van der Waals surface area (Å²) in [7, 11) is 0. The molecule has 0 saturated heterocycles. The molecule has 0 fully saturated rings. The van der Waals surface area contributed by atoms with E-state index in [1.54, 1.807) is 13.0 Å². The highest BCUT2D eigenvalue weighted by molar-refractivity contribution is 5.80. The fourth-order valence-electron chi connectivity index (χ4n) is 1.66. The van der Waals surface area contributed by atoms with Gasteiger partial charge in [-0.1, -0.05) is 6.92 Å². The van der Waals surface area contributed by atoms with Gasteiger partial charge in [-0.15, -0.1) is 0 Å². The van der Waals surface area contributed by atoms with Crippen LogP contribution >= 0.6 is 0 Å². The summed E-state index contributed by atoms with van der Waals surface area (Å²) in [5, 5.41) is 13.7. The first-order valence-corrected chi connectivity index (χ1v) is 6.36. The van der Waals surface area contributed by atoms with Crippen molar-refractivity contribution in [2.45, 2.75) is 26.3 Å². The number of nitrogens with zero attached hydrogens (tertiary/aromatic N) is 1. The average molecular weight is 281 g/mol. The first kappa shape index (κ1) is 15.9. The molecule has 7 heteroatoms. The summed E-state index contributed by atoms with van der Waals surface area (Å²) < 4.78 is 5.46. The Bertz CT molecular complexity index is 491. The third-order valence-corrected chi connectivity index (χ3v) is 2.77. The van der Waals surface area contributed by atoms with E-state index in [1.165, 1.54) is 12.1 Å². The van der Waals surface area contributed by atoms with Crippen molar-refractivity contribution in [3.8, 4) is 5.75 Å². The Morgan fingerprint density at radius 1 is 1.55 bits per heavy atom. The molecule has 1 aromatic carbocycles. The summed E-state index contributed by atoms with van der Waals surface area (Å²) in [4.78, 5) is 21.5. The van der Waals surface area contributed by atoms with Gasteiger partial charge in [0, 0.05) is 11.6 Å². The molecule has 0 aliphatic heterocycles. The lowest BCUT2D eigenvalue weighted by atomic mass is 10.2. The van der Waals surface area contributed by atoms with Gasteiger partial charge in [0.15, 0.2) is 0 Å². The van der Waals surface area contributed by atoms with Gasteiger partial charge in [-0.2, -0.15) is 0 Å². The van der Waals surface area contributed by atoms with E-state index >= 15 is 0 Å². The smallest absolute Gasteiger partial charge is 0.272 e. The van der Waals surface area contributed by atoms with Crippen LogP contribution in [0.25, 0.3) is 0 Å². The molecule has 0 heterocycles. The van der Waals surface area contributed by atoms with E-state index in [1.807, 2.05) is 6.92 Å². The number of rotatable bonds is 8. The summed E-state index contributed by atoms with van der Waals surface area (Å²) in [6.07, 6.45) is 0.875. The number of carbonyl (C=O) groups excluding carboxylic acids is 1. The Morgan fingerprint density at radius 3 is 2.75 bits per heavy atom. The molecule has 0 aliphatic rings. The van der Waals surface area contributed by atoms with E-state index in [-0.39, 0.29) is 12.3 Å². The van der Waals surface area contributed by atoms with Crippen molar-refractivity contribution in [1.29, 1.82) is 0 Å². The number of hydrogen-bond acceptors (Lipinski definition) is 5. The maximum absolute atomic E-state index is 11.2. The number of benzene rings is 1. The minimum Gasteiger partial charge on any atom is -0.491 e. The van der Waals surface area contributed by atoms with E-state index in [0.717, 1.165) is 6.42 Å². The number of nitro groups is 1. The topological polar surface area (TPSA) is 107 Å². The Labute approximate surface area is 117 Å². The second kappa shape index (κ2) is 7.44. The highest BCUT2D eigenvalue weighted by Crippen LogP contribution is 2.23. The number of nitro benzene ring substituents is 1. The van der Waals surface area contributed by atoms with Crippen molar-refractivity contribution in [2.75, 3.05) is 13.2 Å². The van der Waals surface area contributed by atoms with Crippen LogP contribution in [0, 0.1) is 17.0 Å². The van der Waals surface area contributed by atoms with Crippen molar-refractivity contribution in [1.82, 2.24) is 5.32 Å². The lowest BCUT2D eigenvalue weighted by Gasteiger charge is -2.16. The van der Waals surface area contributed by atoms with Gasteiger partial charge in [-0.05, 0) is 32.0 Å². The van der Waals surface area contributed by atoms with Crippen molar-refractivity contribution >= 4 is 11.6 Å². The Hall–Kier alpha value is -2.15. The van der Waals surface area contributed by atoms with Crippen LogP contribution in [0.5, 0.6) is 5.75 Å². The van der Waals surface area contributed by atoms with Crippen LogP contribution in [-0.2, 0) is 4.79 Å². The fraction of sp³-hybridized carbons (Fsp3) is 0.462. The number of nitrogens with two attached hydrogens (primary N) is 1. The van der Waals surface area contributed by atoms with Crippen molar-refractivity contribution in [3.05, 3.63) is 33.9 Å². The predicted octanol–water partition coefficient (Wildman–Crippen LogP) is 1.14. The van der Waals surface area contributed by atoms with Gasteiger partial charge >= 0.3 is 0 Å². The minimum atomic E-state index is -0.578. The second-order valence-corrected chi connectivity index (χ2v) is 4.43. The van der Waals surface area contributed by atoms with Crippen molar-refractivity contribution in [3.63, 3.8) is 0 Å². The van der Waals surface area contributed by atoms with Crippen LogP contribution in [0.3, 0.4) is 0 Å². The van der Waals surface area contributed by atoms with Crippen LogP contribution in [0.4, 0.5) is 5.69 Å². The lowest BCUT2D eigenvalue weighted by molar-refractivity contribution is -0.385. The molecular formula is C13H19N3O4. The Morgan fingerprint density at radius 2 is 2.25 bits per heavy atom. The zero-order valence-electron chi connectivity index (χ0n) is 11.6. The van der Waals surface area contributed by atoms with Gasteiger partial charge in [0.05, 0.1) is 4.92 Å². The molecule has 1 amide bonds. The van der Waals surface area contributed by atoms with E-state index in [9.17, 15) is 14.9 Å². The van der Waals surface area contributed by atoms with Gasteiger partial charge in [-0.25, -0.2) is 0 Å². The highest BCUT2D eigenvalue weighted by Gasteiger charge is 2.16. The molecule has 0 aromatic heterocycles. The standard InChI is InChI=1S/C13H19N3O4/c1-3-6-15-11(13(14)17)8-20-10-4-5-12(16(18)19)9(2)7-10/h4-5,7,11,15H,3,6,8H2,1-2H3,(H2,14,17). The first-order chi connectivity index (χ1) is 9.45.